The second-order valence-electron chi connectivity index (χ2n) is 5.23. The van der Waals surface area contributed by atoms with E-state index >= 15 is 0 Å². The van der Waals surface area contributed by atoms with Crippen LogP contribution in [-0.4, -0.2) is 34.0 Å². The average molecular weight is 310 g/mol. The van der Waals surface area contributed by atoms with Crippen LogP contribution in [0.2, 0.25) is 0 Å². The molecule has 21 heavy (non-hydrogen) atoms. The number of nitrogens with zero attached hydrogens (tertiary/aromatic N) is 2. The minimum atomic E-state index is -0.282. The third kappa shape index (κ3) is 4.25. The number of anilines is 1. The van der Waals surface area contributed by atoms with Gasteiger partial charge in [-0.25, -0.2) is 4.79 Å². The van der Waals surface area contributed by atoms with E-state index in [-0.39, 0.29) is 24.6 Å². The predicted octanol–water partition coefficient (Wildman–Crippen LogP) is 2.50. The van der Waals surface area contributed by atoms with Crippen molar-refractivity contribution in [1.82, 2.24) is 15.5 Å². The number of urea groups is 1. The van der Waals surface area contributed by atoms with Crippen LogP contribution in [0, 0.1) is 5.92 Å². The number of aliphatic hydroxyl groups excluding tert-OH is 1. The summed E-state index contributed by atoms with van der Waals surface area (Å²) in [6.07, 6.45) is 6.62. The van der Waals surface area contributed by atoms with Gasteiger partial charge in [-0.15, -0.1) is 10.2 Å². The Morgan fingerprint density at radius 1 is 1.43 bits per heavy atom. The van der Waals surface area contributed by atoms with Crippen molar-refractivity contribution in [3.05, 3.63) is 17.2 Å². The summed E-state index contributed by atoms with van der Waals surface area (Å²) in [5, 5.41) is 24.3. The van der Waals surface area contributed by atoms with E-state index in [1.165, 1.54) is 11.3 Å². The van der Waals surface area contributed by atoms with Gasteiger partial charge >= 0.3 is 6.03 Å². The number of hydrogen-bond donors (Lipinski definition) is 3. The third-order valence-corrected chi connectivity index (χ3v) is 4.72. The fraction of sp³-hybridized carbons (Fsp3) is 0.643. The van der Waals surface area contributed by atoms with Crippen LogP contribution in [-0.2, 0) is 0 Å². The van der Waals surface area contributed by atoms with Gasteiger partial charge in [-0.1, -0.05) is 37.3 Å². The molecule has 2 rings (SSSR count). The number of carbonyl (C=O) groups is 1. The lowest BCUT2D eigenvalue weighted by Crippen LogP contribution is -2.36. The number of carbonyl (C=O) groups excluding carboxylic acids is 1. The van der Waals surface area contributed by atoms with Crippen molar-refractivity contribution in [1.29, 1.82) is 0 Å². The van der Waals surface area contributed by atoms with Crippen LogP contribution in [0.1, 0.15) is 44.0 Å². The molecule has 1 aliphatic carbocycles. The van der Waals surface area contributed by atoms with Crippen LogP contribution < -0.4 is 10.6 Å². The van der Waals surface area contributed by atoms with E-state index in [1.807, 2.05) is 12.2 Å². The van der Waals surface area contributed by atoms with Gasteiger partial charge in [-0.05, 0) is 19.3 Å². The van der Waals surface area contributed by atoms with Crippen molar-refractivity contribution < 1.29 is 9.90 Å². The van der Waals surface area contributed by atoms with Crippen LogP contribution in [0.5, 0.6) is 0 Å². The molecule has 0 spiro atoms. The van der Waals surface area contributed by atoms with E-state index in [0.29, 0.717) is 11.0 Å². The molecule has 116 valence electrons. The number of nitrogens with one attached hydrogen (secondary N) is 2. The first kappa shape index (κ1) is 15.9. The quantitative estimate of drug-likeness (QED) is 0.705. The number of amides is 2. The molecule has 0 aromatic carbocycles. The second kappa shape index (κ2) is 7.51. The first-order chi connectivity index (χ1) is 10.2. The zero-order chi connectivity index (χ0) is 15.2. The molecule has 2 amide bonds. The fourth-order valence-electron chi connectivity index (χ4n) is 2.41. The first-order valence-electron chi connectivity index (χ1n) is 7.36. The summed E-state index contributed by atoms with van der Waals surface area (Å²) in [4.78, 5) is 11.9. The highest BCUT2D eigenvalue weighted by molar-refractivity contribution is 7.15. The van der Waals surface area contributed by atoms with Crippen LogP contribution >= 0.6 is 11.3 Å². The second-order valence-corrected chi connectivity index (χ2v) is 6.24. The maximum Gasteiger partial charge on any atom is 0.321 e. The highest BCUT2D eigenvalue weighted by Gasteiger charge is 2.20. The summed E-state index contributed by atoms with van der Waals surface area (Å²) in [5.41, 5.74) is 0. The van der Waals surface area contributed by atoms with Gasteiger partial charge in [-0.2, -0.15) is 0 Å². The molecule has 0 radical (unpaired) electrons. The van der Waals surface area contributed by atoms with E-state index in [2.05, 4.69) is 34.7 Å². The van der Waals surface area contributed by atoms with E-state index in [1.54, 1.807) is 0 Å². The Morgan fingerprint density at radius 2 is 2.19 bits per heavy atom. The maximum atomic E-state index is 11.9. The summed E-state index contributed by atoms with van der Waals surface area (Å²) in [7, 11) is 0. The van der Waals surface area contributed by atoms with Gasteiger partial charge in [0.2, 0.25) is 5.13 Å². The molecule has 0 bridgehead atoms. The van der Waals surface area contributed by atoms with Gasteiger partial charge in [-0.3, -0.25) is 5.32 Å². The lowest BCUT2D eigenvalue weighted by Gasteiger charge is -2.12. The molecule has 0 unspecified atom stereocenters. The Kier molecular flexibility index (Phi) is 5.69. The zero-order valence-corrected chi connectivity index (χ0v) is 13.2. The Bertz CT molecular complexity index is 499. The largest absolute Gasteiger partial charge is 0.396 e. The van der Waals surface area contributed by atoms with Crippen LogP contribution in [0.4, 0.5) is 9.93 Å². The van der Waals surface area contributed by atoms with E-state index in [4.69, 9.17) is 5.11 Å². The summed E-state index contributed by atoms with van der Waals surface area (Å²) in [6, 6.07) is -0.316. The molecule has 1 aromatic heterocycles. The summed E-state index contributed by atoms with van der Waals surface area (Å²) < 4.78 is 0. The van der Waals surface area contributed by atoms with Crippen molar-refractivity contribution in [2.24, 2.45) is 5.92 Å². The Labute approximate surface area is 128 Å². The molecule has 0 fully saturated rings. The number of aliphatic hydroxyl groups is 1. The maximum absolute atomic E-state index is 11.9. The first-order valence-corrected chi connectivity index (χ1v) is 8.18. The van der Waals surface area contributed by atoms with Gasteiger partial charge < -0.3 is 10.4 Å². The van der Waals surface area contributed by atoms with Crippen LogP contribution in [0.15, 0.2) is 12.2 Å². The molecule has 3 N–H and O–H groups in total. The van der Waals surface area contributed by atoms with E-state index in [9.17, 15) is 4.79 Å². The van der Waals surface area contributed by atoms with E-state index in [0.717, 1.165) is 24.3 Å². The van der Waals surface area contributed by atoms with Crippen molar-refractivity contribution in [3.8, 4) is 0 Å². The van der Waals surface area contributed by atoms with Gasteiger partial charge in [0.25, 0.3) is 0 Å². The van der Waals surface area contributed by atoms with Gasteiger partial charge in [0.05, 0.1) is 0 Å². The molecule has 6 nitrogen and oxygen atoms in total. The molecule has 0 saturated heterocycles. The van der Waals surface area contributed by atoms with Crippen molar-refractivity contribution in [3.63, 3.8) is 0 Å². The van der Waals surface area contributed by atoms with Crippen LogP contribution in [0.3, 0.4) is 0 Å². The van der Waals surface area contributed by atoms with Crippen molar-refractivity contribution in [2.75, 3.05) is 11.9 Å². The minimum Gasteiger partial charge on any atom is -0.396 e. The third-order valence-electron chi connectivity index (χ3n) is 3.72. The topological polar surface area (TPSA) is 87.1 Å². The van der Waals surface area contributed by atoms with Gasteiger partial charge in [0.1, 0.15) is 5.01 Å². The van der Waals surface area contributed by atoms with E-state index < -0.39 is 0 Å². The Morgan fingerprint density at radius 3 is 2.81 bits per heavy atom. The highest BCUT2D eigenvalue weighted by atomic mass is 32.1. The normalized spacial score (nSPS) is 21.0. The summed E-state index contributed by atoms with van der Waals surface area (Å²) in [5.74, 6) is 0.544. The summed E-state index contributed by atoms with van der Waals surface area (Å²) >= 11 is 1.43. The SMILES string of the molecule is CCC(CC)c1nnc(NC(=O)N[C@@H]2C=C[C@H](CO)C2)s1. The monoisotopic (exact) mass is 310 g/mol. The van der Waals surface area contributed by atoms with Gasteiger partial charge in [0.15, 0.2) is 0 Å². The summed E-state index contributed by atoms with van der Waals surface area (Å²) in [6.45, 7) is 4.37. The standard InChI is InChI=1S/C14H22N4O2S/c1-3-10(4-2)12-17-18-14(21-12)16-13(20)15-11-6-5-9(7-11)8-19/h5-6,9-11,19H,3-4,7-8H2,1-2H3,(H2,15,16,18,20)/t9-,11+/m0/s1. The molecule has 0 aliphatic heterocycles. The lowest BCUT2D eigenvalue weighted by atomic mass is 10.1. The smallest absolute Gasteiger partial charge is 0.321 e. The van der Waals surface area contributed by atoms with Gasteiger partial charge in [0, 0.05) is 24.5 Å². The Hall–Kier alpha value is -1.47. The minimum absolute atomic E-state index is 0.0337. The Balaban J connectivity index is 1.84. The molecule has 7 heteroatoms. The molecule has 1 heterocycles. The van der Waals surface area contributed by atoms with Crippen LogP contribution in [0.25, 0.3) is 0 Å². The molecule has 2 atom stereocenters. The average Bonchev–Trinajstić information content (AvgIpc) is 3.10. The molecular formula is C14H22N4O2S. The molecule has 1 aromatic rings. The molecular weight excluding hydrogens is 288 g/mol. The highest BCUT2D eigenvalue weighted by Crippen LogP contribution is 2.28. The number of hydrogen-bond acceptors (Lipinski definition) is 5. The van der Waals surface area contributed by atoms with Crippen molar-refractivity contribution >= 4 is 22.5 Å². The zero-order valence-electron chi connectivity index (χ0n) is 12.4. The molecule has 1 aliphatic rings. The molecule has 0 saturated carbocycles. The number of rotatable bonds is 6. The fourth-order valence-corrected chi connectivity index (χ4v) is 3.41. The number of aromatic nitrogens is 2. The predicted molar refractivity (Wildman–Crippen MR) is 83.5 cm³/mol. The van der Waals surface area contributed by atoms with Crippen molar-refractivity contribution in [2.45, 2.75) is 45.1 Å². The lowest BCUT2D eigenvalue weighted by molar-refractivity contribution is 0.238.